The molecular formula is C14H11F2IO. The summed E-state index contributed by atoms with van der Waals surface area (Å²) in [7, 11) is 0. The molecule has 4 heteroatoms. The lowest BCUT2D eigenvalue weighted by Gasteiger charge is -2.13. The summed E-state index contributed by atoms with van der Waals surface area (Å²) in [6.07, 6.45) is -1.08. The van der Waals surface area contributed by atoms with Crippen molar-refractivity contribution in [2.75, 3.05) is 0 Å². The van der Waals surface area contributed by atoms with E-state index in [1.807, 2.05) is 12.1 Å². The van der Waals surface area contributed by atoms with Crippen LogP contribution in [0.2, 0.25) is 0 Å². The zero-order valence-electron chi connectivity index (χ0n) is 9.62. The zero-order chi connectivity index (χ0) is 13.3. The van der Waals surface area contributed by atoms with Crippen LogP contribution in [0, 0.1) is 22.1 Å². The van der Waals surface area contributed by atoms with Gasteiger partial charge in [0.15, 0.2) is 0 Å². The minimum atomic E-state index is -1.08. The Morgan fingerprint density at radius 3 is 2.28 bits per heavy atom. The molecule has 0 bridgehead atoms. The van der Waals surface area contributed by atoms with Gasteiger partial charge >= 0.3 is 0 Å². The quantitative estimate of drug-likeness (QED) is 0.804. The van der Waals surface area contributed by atoms with Crippen LogP contribution in [-0.2, 0) is 0 Å². The molecule has 0 aliphatic carbocycles. The normalized spacial score (nSPS) is 12.5. The summed E-state index contributed by atoms with van der Waals surface area (Å²) >= 11 is 2.15. The first-order valence-electron chi connectivity index (χ1n) is 5.38. The molecule has 0 saturated carbocycles. The standard InChI is InChI=1S/C14H11F2IO/c1-8-6-11(13(16)7-12(8)15)14(18)9-2-4-10(17)5-3-9/h2-7,14,18H,1H3. The van der Waals surface area contributed by atoms with E-state index in [0.717, 1.165) is 9.64 Å². The maximum Gasteiger partial charge on any atom is 0.132 e. The van der Waals surface area contributed by atoms with Crippen molar-refractivity contribution in [3.8, 4) is 0 Å². The molecule has 0 aliphatic rings. The topological polar surface area (TPSA) is 20.2 Å². The fourth-order valence-corrected chi connectivity index (χ4v) is 2.07. The predicted octanol–water partition coefficient (Wildman–Crippen LogP) is 3.96. The molecule has 2 aromatic rings. The van der Waals surface area contributed by atoms with Crippen molar-refractivity contribution in [1.29, 1.82) is 0 Å². The van der Waals surface area contributed by atoms with E-state index in [2.05, 4.69) is 22.6 Å². The van der Waals surface area contributed by atoms with Gasteiger partial charge in [-0.05, 0) is 58.8 Å². The van der Waals surface area contributed by atoms with Crippen LogP contribution >= 0.6 is 22.6 Å². The fourth-order valence-electron chi connectivity index (χ4n) is 1.71. The van der Waals surface area contributed by atoms with Crippen molar-refractivity contribution in [3.05, 3.63) is 68.3 Å². The summed E-state index contributed by atoms with van der Waals surface area (Å²) in [5.74, 6) is -1.34. The van der Waals surface area contributed by atoms with E-state index in [1.54, 1.807) is 19.1 Å². The van der Waals surface area contributed by atoms with Crippen LogP contribution in [0.5, 0.6) is 0 Å². The van der Waals surface area contributed by atoms with E-state index in [0.29, 0.717) is 11.1 Å². The molecule has 0 amide bonds. The number of halogens is 3. The maximum atomic E-state index is 13.6. The predicted molar refractivity (Wildman–Crippen MR) is 74.3 cm³/mol. The first-order valence-corrected chi connectivity index (χ1v) is 6.46. The van der Waals surface area contributed by atoms with Gasteiger partial charge in [-0.15, -0.1) is 0 Å². The Labute approximate surface area is 118 Å². The van der Waals surface area contributed by atoms with E-state index in [1.165, 1.54) is 6.07 Å². The van der Waals surface area contributed by atoms with Crippen LogP contribution in [0.3, 0.4) is 0 Å². The Bertz CT molecular complexity index is 567. The average molecular weight is 360 g/mol. The average Bonchev–Trinajstić information content (AvgIpc) is 2.34. The number of rotatable bonds is 2. The van der Waals surface area contributed by atoms with Gasteiger partial charge in [0.1, 0.15) is 17.7 Å². The highest BCUT2D eigenvalue weighted by Crippen LogP contribution is 2.26. The van der Waals surface area contributed by atoms with Gasteiger partial charge in [-0.25, -0.2) is 8.78 Å². The fraction of sp³-hybridized carbons (Fsp3) is 0.143. The number of hydrogen-bond acceptors (Lipinski definition) is 1. The number of aliphatic hydroxyl groups excluding tert-OH is 1. The van der Waals surface area contributed by atoms with Crippen LogP contribution in [0.4, 0.5) is 8.78 Å². The van der Waals surface area contributed by atoms with Gasteiger partial charge in [-0.3, -0.25) is 0 Å². The number of aryl methyl sites for hydroxylation is 1. The molecule has 0 heterocycles. The molecule has 2 rings (SSSR count). The molecule has 0 aliphatic heterocycles. The highest BCUT2D eigenvalue weighted by atomic mass is 127. The van der Waals surface area contributed by atoms with E-state index >= 15 is 0 Å². The van der Waals surface area contributed by atoms with Crippen LogP contribution in [0.25, 0.3) is 0 Å². The minimum Gasteiger partial charge on any atom is -0.384 e. The van der Waals surface area contributed by atoms with E-state index < -0.39 is 17.7 Å². The SMILES string of the molecule is Cc1cc(C(O)c2ccc(I)cc2)c(F)cc1F. The van der Waals surface area contributed by atoms with Crippen LogP contribution in [0.1, 0.15) is 22.8 Å². The van der Waals surface area contributed by atoms with E-state index in [-0.39, 0.29) is 5.56 Å². The lowest BCUT2D eigenvalue weighted by atomic mass is 9.99. The summed E-state index contributed by atoms with van der Waals surface area (Å²) in [6.45, 7) is 1.54. The molecule has 1 N–H and O–H groups in total. The lowest BCUT2D eigenvalue weighted by Crippen LogP contribution is -2.04. The van der Waals surface area contributed by atoms with Crippen molar-refractivity contribution < 1.29 is 13.9 Å². The summed E-state index contributed by atoms with van der Waals surface area (Å²) in [4.78, 5) is 0. The van der Waals surface area contributed by atoms with Crippen LogP contribution in [-0.4, -0.2) is 5.11 Å². The molecule has 0 aromatic heterocycles. The summed E-state index contributed by atoms with van der Waals surface area (Å²) in [5.41, 5.74) is 0.992. The second kappa shape index (κ2) is 5.32. The Hall–Kier alpha value is -1.01. The van der Waals surface area contributed by atoms with Crippen molar-refractivity contribution >= 4 is 22.6 Å². The Morgan fingerprint density at radius 1 is 1.06 bits per heavy atom. The third kappa shape index (κ3) is 2.70. The van der Waals surface area contributed by atoms with Crippen molar-refractivity contribution in [2.24, 2.45) is 0 Å². The van der Waals surface area contributed by atoms with Gasteiger partial charge in [-0.2, -0.15) is 0 Å². The molecule has 2 aromatic carbocycles. The first kappa shape index (κ1) is 13.4. The third-order valence-corrected chi connectivity index (χ3v) is 3.48. The zero-order valence-corrected chi connectivity index (χ0v) is 11.8. The minimum absolute atomic E-state index is 0.0927. The molecular weight excluding hydrogens is 349 g/mol. The molecule has 18 heavy (non-hydrogen) atoms. The highest BCUT2D eigenvalue weighted by molar-refractivity contribution is 14.1. The van der Waals surface area contributed by atoms with Crippen molar-refractivity contribution in [3.63, 3.8) is 0 Å². The first-order chi connectivity index (χ1) is 8.49. The Kier molecular flexibility index (Phi) is 3.97. The van der Waals surface area contributed by atoms with E-state index in [4.69, 9.17) is 0 Å². The third-order valence-electron chi connectivity index (χ3n) is 2.76. The van der Waals surface area contributed by atoms with Gasteiger partial charge in [0.05, 0.1) is 0 Å². The maximum absolute atomic E-state index is 13.6. The van der Waals surface area contributed by atoms with Crippen molar-refractivity contribution in [1.82, 2.24) is 0 Å². The van der Waals surface area contributed by atoms with Crippen LogP contribution in [0.15, 0.2) is 36.4 Å². The Balaban J connectivity index is 2.42. The molecule has 1 nitrogen and oxygen atoms in total. The second-order valence-electron chi connectivity index (χ2n) is 4.08. The van der Waals surface area contributed by atoms with Gasteiger partial charge < -0.3 is 5.11 Å². The molecule has 0 fully saturated rings. The molecule has 0 saturated heterocycles. The molecule has 0 spiro atoms. The van der Waals surface area contributed by atoms with Gasteiger partial charge in [0.25, 0.3) is 0 Å². The van der Waals surface area contributed by atoms with Gasteiger partial charge in [0, 0.05) is 15.2 Å². The molecule has 1 unspecified atom stereocenters. The second-order valence-corrected chi connectivity index (χ2v) is 5.32. The molecule has 1 atom stereocenters. The number of benzene rings is 2. The summed E-state index contributed by atoms with van der Waals surface area (Å²) in [6, 6.07) is 9.25. The largest absolute Gasteiger partial charge is 0.384 e. The summed E-state index contributed by atoms with van der Waals surface area (Å²) < 4.78 is 27.8. The molecule has 94 valence electrons. The van der Waals surface area contributed by atoms with Crippen LogP contribution < -0.4 is 0 Å². The van der Waals surface area contributed by atoms with Gasteiger partial charge in [-0.1, -0.05) is 12.1 Å². The summed E-state index contributed by atoms with van der Waals surface area (Å²) in [5, 5.41) is 10.1. The molecule has 0 radical (unpaired) electrons. The van der Waals surface area contributed by atoms with E-state index in [9.17, 15) is 13.9 Å². The highest BCUT2D eigenvalue weighted by Gasteiger charge is 2.16. The number of hydrogen-bond donors (Lipinski definition) is 1. The lowest BCUT2D eigenvalue weighted by molar-refractivity contribution is 0.214. The van der Waals surface area contributed by atoms with Crippen molar-refractivity contribution in [2.45, 2.75) is 13.0 Å². The monoisotopic (exact) mass is 360 g/mol. The smallest absolute Gasteiger partial charge is 0.132 e. The Morgan fingerprint density at radius 2 is 1.67 bits per heavy atom. The number of aliphatic hydroxyl groups is 1. The van der Waals surface area contributed by atoms with Gasteiger partial charge in [0.2, 0.25) is 0 Å².